The zero-order valence-corrected chi connectivity index (χ0v) is 18.8. The van der Waals surface area contributed by atoms with E-state index >= 15 is 0 Å². The minimum atomic E-state index is -0.483. The molecule has 0 rings (SSSR count). The fraction of sp³-hybridized carbons (Fsp3) is 0.833. The van der Waals surface area contributed by atoms with Gasteiger partial charge in [-0.3, -0.25) is 0 Å². The Morgan fingerprint density at radius 1 is 0.714 bits per heavy atom. The molecule has 0 saturated heterocycles. The minimum Gasteiger partial charge on any atom is -0.463 e. The van der Waals surface area contributed by atoms with Gasteiger partial charge in [-0.05, 0) is 18.8 Å². The molecule has 4 heteroatoms. The highest BCUT2D eigenvalue weighted by atomic mass is 16.5. The van der Waals surface area contributed by atoms with Gasteiger partial charge in [0.1, 0.15) is 6.10 Å². The maximum absolute atomic E-state index is 11.7. The number of unbranched alkanes of at least 4 members (excludes halogenated alkanes) is 11. The second-order valence-corrected chi connectivity index (χ2v) is 8.02. The van der Waals surface area contributed by atoms with Crippen molar-refractivity contribution in [2.24, 2.45) is 5.92 Å². The highest BCUT2D eigenvalue weighted by molar-refractivity contribution is 5.91. The lowest BCUT2D eigenvalue weighted by Crippen LogP contribution is -2.21. The van der Waals surface area contributed by atoms with E-state index in [1.807, 2.05) is 20.8 Å². The molecule has 0 radical (unpaired) electrons. The highest BCUT2D eigenvalue weighted by Gasteiger charge is 2.14. The Kier molecular flexibility index (Phi) is 18.1. The van der Waals surface area contributed by atoms with Gasteiger partial charge in [-0.15, -0.1) is 0 Å². The standard InChI is InChI=1S/C24H44O4/c1-5-7-8-9-10-11-12-13-14-15-16-17-20-27-23(25)18-19-24(26)28-22(6-2)21(3)4/h18-19,21-22H,5-17,20H2,1-4H3/b19-18+. The maximum Gasteiger partial charge on any atom is 0.331 e. The summed E-state index contributed by atoms with van der Waals surface area (Å²) in [6.07, 6.45) is 18.3. The van der Waals surface area contributed by atoms with Crippen LogP contribution in [0.5, 0.6) is 0 Å². The molecule has 0 amide bonds. The second kappa shape index (κ2) is 19.0. The Bertz CT molecular complexity index is 415. The summed E-state index contributed by atoms with van der Waals surface area (Å²) < 4.78 is 10.4. The first-order chi connectivity index (χ1) is 13.5. The van der Waals surface area contributed by atoms with Gasteiger partial charge in [0.05, 0.1) is 6.61 Å². The van der Waals surface area contributed by atoms with E-state index in [-0.39, 0.29) is 12.0 Å². The minimum absolute atomic E-state index is 0.116. The van der Waals surface area contributed by atoms with Gasteiger partial charge < -0.3 is 9.47 Å². The number of hydrogen-bond acceptors (Lipinski definition) is 4. The molecule has 1 unspecified atom stereocenters. The van der Waals surface area contributed by atoms with Gasteiger partial charge in [-0.2, -0.15) is 0 Å². The molecule has 1 atom stereocenters. The molecule has 0 spiro atoms. The third-order valence-corrected chi connectivity index (χ3v) is 5.01. The van der Waals surface area contributed by atoms with Crippen LogP contribution in [0.15, 0.2) is 12.2 Å². The molecule has 0 fully saturated rings. The van der Waals surface area contributed by atoms with Gasteiger partial charge in [-0.1, -0.05) is 98.3 Å². The Balaban J connectivity index is 3.53. The maximum atomic E-state index is 11.7. The van der Waals surface area contributed by atoms with E-state index in [1.54, 1.807) is 0 Å². The molecule has 0 aromatic carbocycles. The van der Waals surface area contributed by atoms with Crippen LogP contribution in [0.3, 0.4) is 0 Å². The summed E-state index contributed by atoms with van der Waals surface area (Å²) in [6, 6.07) is 0. The van der Waals surface area contributed by atoms with Crippen LogP contribution in [0.1, 0.15) is 111 Å². The summed E-state index contributed by atoms with van der Waals surface area (Å²) in [5.41, 5.74) is 0. The summed E-state index contributed by atoms with van der Waals surface area (Å²) in [5, 5.41) is 0. The Hall–Kier alpha value is -1.32. The zero-order valence-electron chi connectivity index (χ0n) is 18.8. The van der Waals surface area contributed by atoms with Crippen LogP contribution in [-0.2, 0) is 19.1 Å². The van der Waals surface area contributed by atoms with E-state index in [1.165, 1.54) is 64.2 Å². The third kappa shape index (κ3) is 16.8. The number of carbonyl (C=O) groups excluding carboxylic acids is 2. The van der Waals surface area contributed by atoms with Gasteiger partial charge in [0.15, 0.2) is 0 Å². The largest absolute Gasteiger partial charge is 0.463 e. The molecule has 0 aliphatic rings. The lowest BCUT2D eigenvalue weighted by molar-refractivity contribution is -0.146. The highest BCUT2D eigenvalue weighted by Crippen LogP contribution is 2.12. The van der Waals surface area contributed by atoms with Crippen molar-refractivity contribution in [1.82, 2.24) is 0 Å². The van der Waals surface area contributed by atoms with E-state index in [0.717, 1.165) is 31.4 Å². The molecule has 0 saturated carbocycles. The summed E-state index contributed by atoms with van der Waals surface area (Å²) in [6.45, 7) is 8.66. The topological polar surface area (TPSA) is 52.6 Å². The monoisotopic (exact) mass is 396 g/mol. The van der Waals surface area contributed by atoms with Crippen LogP contribution in [0.4, 0.5) is 0 Å². The molecule has 0 N–H and O–H groups in total. The molecule has 0 aliphatic heterocycles. The zero-order chi connectivity index (χ0) is 21.0. The molecule has 0 aromatic heterocycles. The predicted octanol–water partition coefficient (Wildman–Crippen LogP) is 6.76. The van der Waals surface area contributed by atoms with Crippen molar-refractivity contribution in [3.63, 3.8) is 0 Å². The first-order valence-electron chi connectivity index (χ1n) is 11.6. The Morgan fingerprint density at radius 2 is 1.18 bits per heavy atom. The van der Waals surface area contributed by atoms with Gasteiger partial charge in [0.2, 0.25) is 0 Å². The van der Waals surface area contributed by atoms with Crippen LogP contribution in [0.2, 0.25) is 0 Å². The van der Waals surface area contributed by atoms with Crippen LogP contribution in [0, 0.1) is 5.92 Å². The Labute approximate surface area is 173 Å². The van der Waals surface area contributed by atoms with Crippen molar-refractivity contribution >= 4 is 11.9 Å². The Morgan fingerprint density at radius 3 is 1.64 bits per heavy atom. The normalized spacial score (nSPS) is 12.5. The van der Waals surface area contributed by atoms with Crippen molar-refractivity contribution in [1.29, 1.82) is 0 Å². The molecular weight excluding hydrogens is 352 g/mol. The van der Waals surface area contributed by atoms with Crippen LogP contribution < -0.4 is 0 Å². The van der Waals surface area contributed by atoms with Gasteiger partial charge >= 0.3 is 11.9 Å². The number of ether oxygens (including phenoxy) is 2. The summed E-state index contributed by atoms with van der Waals surface area (Å²) in [4.78, 5) is 23.3. The molecular formula is C24H44O4. The van der Waals surface area contributed by atoms with Crippen LogP contribution in [-0.4, -0.2) is 24.6 Å². The molecule has 0 heterocycles. The predicted molar refractivity (Wildman–Crippen MR) is 116 cm³/mol. The first-order valence-corrected chi connectivity index (χ1v) is 11.6. The van der Waals surface area contributed by atoms with Crippen molar-refractivity contribution < 1.29 is 19.1 Å². The van der Waals surface area contributed by atoms with E-state index < -0.39 is 11.9 Å². The van der Waals surface area contributed by atoms with Crippen molar-refractivity contribution in [2.45, 2.75) is 117 Å². The SMILES string of the molecule is CCCCCCCCCCCCCCOC(=O)/C=C/C(=O)OC(CC)C(C)C. The lowest BCUT2D eigenvalue weighted by Gasteiger charge is -2.18. The van der Waals surface area contributed by atoms with E-state index in [2.05, 4.69) is 6.92 Å². The second-order valence-electron chi connectivity index (χ2n) is 8.02. The van der Waals surface area contributed by atoms with Crippen molar-refractivity contribution in [3.8, 4) is 0 Å². The molecule has 0 bridgehead atoms. The van der Waals surface area contributed by atoms with E-state index in [0.29, 0.717) is 6.61 Å². The average molecular weight is 397 g/mol. The van der Waals surface area contributed by atoms with Crippen LogP contribution >= 0.6 is 0 Å². The van der Waals surface area contributed by atoms with Gasteiger partial charge in [0.25, 0.3) is 0 Å². The summed E-state index contributed by atoms with van der Waals surface area (Å²) >= 11 is 0. The average Bonchev–Trinajstić information content (AvgIpc) is 2.67. The number of hydrogen-bond donors (Lipinski definition) is 0. The number of esters is 2. The number of carbonyl (C=O) groups is 2. The molecule has 4 nitrogen and oxygen atoms in total. The van der Waals surface area contributed by atoms with E-state index in [9.17, 15) is 9.59 Å². The molecule has 0 aliphatic carbocycles. The van der Waals surface area contributed by atoms with Gasteiger partial charge in [0, 0.05) is 12.2 Å². The van der Waals surface area contributed by atoms with Crippen molar-refractivity contribution in [3.05, 3.63) is 12.2 Å². The van der Waals surface area contributed by atoms with Crippen LogP contribution in [0.25, 0.3) is 0 Å². The van der Waals surface area contributed by atoms with Gasteiger partial charge in [-0.25, -0.2) is 9.59 Å². The third-order valence-electron chi connectivity index (χ3n) is 5.01. The van der Waals surface area contributed by atoms with Crippen molar-refractivity contribution in [2.75, 3.05) is 6.61 Å². The quantitative estimate of drug-likeness (QED) is 0.146. The molecule has 28 heavy (non-hydrogen) atoms. The summed E-state index contributed by atoms with van der Waals surface area (Å²) in [5.74, 6) is -0.694. The fourth-order valence-corrected chi connectivity index (χ4v) is 3.18. The van der Waals surface area contributed by atoms with E-state index in [4.69, 9.17) is 9.47 Å². The number of rotatable bonds is 18. The smallest absolute Gasteiger partial charge is 0.331 e. The fourth-order valence-electron chi connectivity index (χ4n) is 3.18. The summed E-state index contributed by atoms with van der Waals surface area (Å²) in [7, 11) is 0. The molecule has 164 valence electrons. The lowest BCUT2D eigenvalue weighted by atomic mass is 10.1. The molecule has 0 aromatic rings. The first kappa shape index (κ1) is 26.7.